The average molecular weight is 257 g/mol. The largest absolute Gasteiger partial charge is 0.306 e. The normalized spacial score (nSPS) is 12.4. The molecule has 2 aromatic carbocycles. The van der Waals surface area contributed by atoms with E-state index >= 15 is 0 Å². The van der Waals surface area contributed by atoms with Gasteiger partial charge in [-0.05, 0) is 49.6 Å². The van der Waals surface area contributed by atoms with Crippen LogP contribution >= 0.6 is 0 Å². The standard InChI is InChI=1S/C17H20FN/c1-12-4-5-16(13(2)10-12)11-19-14(3)15-6-8-17(18)9-7-15/h4-10,14,19H,11H2,1-3H3/t14-/m0/s1. The number of hydrogen-bond donors (Lipinski definition) is 1. The minimum Gasteiger partial charge on any atom is -0.306 e. The second-order valence-corrected chi connectivity index (χ2v) is 5.08. The van der Waals surface area contributed by atoms with Crippen molar-refractivity contribution in [1.29, 1.82) is 0 Å². The molecule has 0 spiro atoms. The number of halogens is 1. The van der Waals surface area contributed by atoms with Gasteiger partial charge < -0.3 is 5.32 Å². The second-order valence-electron chi connectivity index (χ2n) is 5.08. The molecule has 0 saturated carbocycles. The molecule has 100 valence electrons. The van der Waals surface area contributed by atoms with E-state index in [1.54, 1.807) is 0 Å². The summed E-state index contributed by atoms with van der Waals surface area (Å²) in [6, 6.07) is 13.4. The zero-order valence-corrected chi connectivity index (χ0v) is 11.7. The van der Waals surface area contributed by atoms with Crippen LogP contribution in [0.5, 0.6) is 0 Å². The molecule has 2 heteroatoms. The van der Waals surface area contributed by atoms with Crippen LogP contribution in [0.2, 0.25) is 0 Å². The highest BCUT2D eigenvalue weighted by atomic mass is 19.1. The van der Waals surface area contributed by atoms with Gasteiger partial charge >= 0.3 is 0 Å². The van der Waals surface area contributed by atoms with Gasteiger partial charge in [0.05, 0.1) is 0 Å². The zero-order valence-electron chi connectivity index (χ0n) is 11.7. The van der Waals surface area contributed by atoms with Gasteiger partial charge in [0.25, 0.3) is 0 Å². The van der Waals surface area contributed by atoms with E-state index in [0.717, 1.165) is 12.1 Å². The predicted octanol–water partition coefficient (Wildman–Crippen LogP) is 4.29. The molecular formula is C17H20FN. The Balaban J connectivity index is 2.00. The van der Waals surface area contributed by atoms with E-state index < -0.39 is 0 Å². The third kappa shape index (κ3) is 3.65. The van der Waals surface area contributed by atoms with E-state index in [9.17, 15) is 4.39 Å². The lowest BCUT2D eigenvalue weighted by atomic mass is 10.0. The maximum absolute atomic E-state index is 12.9. The SMILES string of the molecule is Cc1ccc(CN[C@@H](C)c2ccc(F)cc2)c(C)c1. The highest BCUT2D eigenvalue weighted by Crippen LogP contribution is 2.15. The lowest BCUT2D eigenvalue weighted by Gasteiger charge is -2.15. The van der Waals surface area contributed by atoms with Crippen LogP contribution in [0, 0.1) is 19.7 Å². The lowest BCUT2D eigenvalue weighted by molar-refractivity contribution is 0.570. The predicted molar refractivity (Wildman–Crippen MR) is 77.6 cm³/mol. The Morgan fingerprint density at radius 1 is 1.05 bits per heavy atom. The first kappa shape index (κ1) is 13.8. The molecule has 0 heterocycles. The fraction of sp³-hybridized carbons (Fsp3) is 0.294. The highest BCUT2D eigenvalue weighted by molar-refractivity contribution is 5.30. The van der Waals surface area contributed by atoms with Gasteiger partial charge in [-0.25, -0.2) is 4.39 Å². The average Bonchev–Trinajstić information content (AvgIpc) is 2.38. The summed E-state index contributed by atoms with van der Waals surface area (Å²) in [6.45, 7) is 7.15. The summed E-state index contributed by atoms with van der Waals surface area (Å²) < 4.78 is 12.9. The number of hydrogen-bond acceptors (Lipinski definition) is 1. The molecule has 1 nitrogen and oxygen atoms in total. The van der Waals surface area contributed by atoms with Gasteiger partial charge in [0, 0.05) is 12.6 Å². The Hall–Kier alpha value is -1.67. The van der Waals surface area contributed by atoms with Crippen LogP contribution in [-0.4, -0.2) is 0 Å². The van der Waals surface area contributed by atoms with Crippen molar-refractivity contribution in [2.75, 3.05) is 0 Å². The highest BCUT2D eigenvalue weighted by Gasteiger charge is 2.06. The maximum Gasteiger partial charge on any atom is 0.123 e. The van der Waals surface area contributed by atoms with Gasteiger partial charge in [0.1, 0.15) is 5.82 Å². The molecule has 0 aliphatic rings. The molecule has 2 aromatic rings. The summed E-state index contributed by atoms with van der Waals surface area (Å²) in [5, 5.41) is 3.47. The van der Waals surface area contributed by atoms with Crippen LogP contribution in [0.1, 0.15) is 35.2 Å². The zero-order chi connectivity index (χ0) is 13.8. The Morgan fingerprint density at radius 3 is 2.37 bits per heavy atom. The number of nitrogens with one attached hydrogen (secondary N) is 1. The van der Waals surface area contributed by atoms with Crippen LogP contribution in [0.25, 0.3) is 0 Å². The third-order valence-electron chi connectivity index (χ3n) is 3.47. The lowest BCUT2D eigenvalue weighted by Crippen LogP contribution is -2.18. The third-order valence-corrected chi connectivity index (χ3v) is 3.47. The van der Waals surface area contributed by atoms with Gasteiger partial charge in [-0.3, -0.25) is 0 Å². The maximum atomic E-state index is 12.9. The molecule has 0 saturated heterocycles. The molecule has 0 aromatic heterocycles. The van der Waals surface area contributed by atoms with Gasteiger partial charge in [-0.1, -0.05) is 35.9 Å². The molecule has 0 aliphatic heterocycles. The van der Waals surface area contributed by atoms with Gasteiger partial charge in [-0.15, -0.1) is 0 Å². The Kier molecular flexibility index (Phi) is 4.33. The van der Waals surface area contributed by atoms with Crippen LogP contribution < -0.4 is 5.32 Å². The number of aryl methyl sites for hydroxylation is 2. The smallest absolute Gasteiger partial charge is 0.123 e. The molecule has 0 radical (unpaired) electrons. The summed E-state index contributed by atoms with van der Waals surface area (Å²) in [5.74, 6) is -0.190. The molecule has 2 rings (SSSR count). The Morgan fingerprint density at radius 2 is 1.74 bits per heavy atom. The van der Waals surface area contributed by atoms with Crippen LogP contribution in [-0.2, 0) is 6.54 Å². The molecule has 1 atom stereocenters. The summed E-state index contributed by atoms with van der Waals surface area (Å²) >= 11 is 0. The van der Waals surface area contributed by atoms with Crippen molar-refractivity contribution in [2.45, 2.75) is 33.4 Å². The van der Waals surface area contributed by atoms with Crippen molar-refractivity contribution in [3.05, 3.63) is 70.5 Å². The van der Waals surface area contributed by atoms with E-state index in [4.69, 9.17) is 0 Å². The van der Waals surface area contributed by atoms with Crippen LogP contribution in [0.15, 0.2) is 42.5 Å². The second kappa shape index (κ2) is 5.98. The quantitative estimate of drug-likeness (QED) is 0.861. The summed E-state index contributed by atoms with van der Waals surface area (Å²) in [7, 11) is 0. The van der Waals surface area contributed by atoms with E-state index in [1.807, 2.05) is 12.1 Å². The fourth-order valence-electron chi connectivity index (χ4n) is 2.18. The molecular weight excluding hydrogens is 237 g/mol. The van der Waals surface area contributed by atoms with Gasteiger partial charge in [0.15, 0.2) is 0 Å². The van der Waals surface area contributed by atoms with E-state index in [0.29, 0.717) is 0 Å². The first-order chi connectivity index (χ1) is 9.06. The molecule has 1 N–H and O–H groups in total. The van der Waals surface area contributed by atoms with Crippen molar-refractivity contribution in [1.82, 2.24) is 5.32 Å². The van der Waals surface area contributed by atoms with Crippen molar-refractivity contribution in [2.24, 2.45) is 0 Å². The van der Waals surface area contributed by atoms with Crippen molar-refractivity contribution in [3.8, 4) is 0 Å². The van der Waals surface area contributed by atoms with Gasteiger partial charge in [0.2, 0.25) is 0 Å². The van der Waals surface area contributed by atoms with Crippen molar-refractivity contribution < 1.29 is 4.39 Å². The molecule has 0 bridgehead atoms. The van der Waals surface area contributed by atoms with Crippen LogP contribution in [0.3, 0.4) is 0 Å². The van der Waals surface area contributed by atoms with Gasteiger partial charge in [-0.2, -0.15) is 0 Å². The Bertz CT molecular complexity index is 546. The van der Waals surface area contributed by atoms with Crippen molar-refractivity contribution >= 4 is 0 Å². The topological polar surface area (TPSA) is 12.0 Å². The van der Waals surface area contributed by atoms with Crippen molar-refractivity contribution in [3.63, 3.8) is 0 Å². The van der Waals surface area contributed by atoms with E-state index in [2.05, 4.69) is 44.3 Å². The molecule has 0 aliphatic carbocycles. The summed E-state index contributed by atoms with van der Waals surface area (Å²) in [5.41, 5.74) is 5.00. The Labute approximate surface area is 114 Å². The fourth-order valence-corrected chi connectivity index (χ4v) is 2.18. The summed E-state index contributed by atoms with van der Waals surface area (Å²) in [4.78, 5) is 0. The molecule has 19 heavy (non-hydrogen) atoms. The summed E-state index contributed by atoms with van der Waals surface area (Å²) in [6.07, 6.45) is 0. The number of rotatable bonds is 4. The number of benzene rings is 2. The molecule has 0 amide bonds. The minimum absolute atomic E-state index is 0.190. The first-order valence-electron chi connectivity index (χ1n) is 6.61. The van der Waals surface area contributed by atoms with E-state index in [-0.39, 0.29) is 11.9 Å². The molecule has 0 fully saturated rings. The molecule has 0 unspecified atom stereocenters. The minimum atomic E-state index is -0.190. The monoisotopic (exact) mass is 257 g/mol. The van der Waals surface area contributed by atoms with E-state index in [1.165, 1.54) is 28.8 Å². The van der Waals surface area contributed by atoms with Crippen LogP contribution in [0.4, 0.5) is 4.39 Å². The first-order valence-corrected chi connectivity index (χ1v) is 6.61.